The number of benzene rings is 8. The Morgan fingerprint density at radius 1 is 0.585 bits per heavy atom. The van der Waals surface area contributed by atoms with Crippen LogP contribution >= 0.6 is 11.3 Å². The second kappa shape index (κ2) is 13.0. The molecule has 3 aromatic heterocycles. The maximum absolute atomic E-state index is 6.62. The number of anilines is 2. The predicted molar refractivity (Wildman–Crippen MR) is 282 cm³/mol. The number of nitrogens with one attached hydrogen (secondary N) is 1. The first-order valence-corrected chi connectivity index (χ1v) is 24.0. The van der Waals surface area contributed by atoms with Crippen molar-refractivity contribution >= 4 is 105 Å². The van der Waals surface area contributed by atoms with Gasteiger partial charge in [-0.05, 0) is 122 Å². The molecule has 0 saturated heterocycles. The average molecular weight is 859 g/mol. The summed E-state index contributed by atoms with van der Waals surface area (Å²) in [5.74, 6) is 0. The first-order chi connectivity index (χ1) is 31.1. The Morgan fingerprint density at radius 3 is 2.09 bits per heavy atom. The van der Waals surface area contributed by atoms with E-state index in [2.05, 4.69) is 206 Å². The van der Waals surface area contributed by atoms with Crippen LogP contribution in [0, 0.1) is 6.92 Å². The number of aromatic nitrogens is 1. The van der Waals surface area contributed by atoms with Crippen LogP contribution in [0.1, 0.15) is 83.2 Å². The summed E-state index contributed by atoms with van der Waals surface area (Å²) in [6, 6.07) is 50.8. The minimum atomic E-state index is -0.185. The van der Waals surface area contributed by atoms with Gasteiger partial charge in [-0.25, -0.2) is 0 Å². The van der Waals surface area contributed by atoms with Gasteiger partial charge in [0.1, 0.15) is 11.2 Å². The van der Waals surface area contributed by atoms with Gasteiger partial charge < -0.3 is 14.3 Å². The SMILES string of the molecule is Cc1cc(-c2cc3c(cc2Nc2ccc(C(C)(C)C)cc2)-c2ccc(C(C)(C)C)cc2C3(C)C)c2c3c1c1cc4c(cc1n3-c1cc3c(cc1B2)sc1ccccc13)oc1ccccc14. The molecule has 1 aliphatic carbocycles. The Bertz CT molecular complexity index is 3880. The van der Waals surface area contributed by atoms with Crippen molar-refractivity contribution in [3.8, 4) is 27.9 Å². The largest absolute Gasteiger partial charge is 0.456 e. The van der Waals surface area contributed by atoms with E-state index in [0.717, 1.165) is 40.6 Å². The van der Waals surface area contributed by atoms with Crippen molar-refractivity contribution in [1.82, 2.24) is 4.57 Å². The van der Waals surface area contributed by atoms with E-state index < -0.39 is 0 Å². The molecule has 11 aromatic rings. The van der Waals surface area contributed by atoms with Crippen molar-refractivity contribution in [3.05, 3.63) is 161 Å². The van der Waals surface area contributed by atoms with Crippen LogP contribution in [0.5, 0.6) is 0 Å². The molecule has 4 heterocycles. The molecule has 316 valence electrons. The van der Waals surface area contributed by atoms with Crippen molar-refractivity contribution in [1.29, 1.82) is 0 Å². The summed E-state index contributed by atoms with van der Waals surface area (Å²) in [4.78, 5) is 0. The highest BCUT2D eigenvalue weighted by molar-refractivity contribution is 7.26. The molecule has 0 spiro atoms. The van der Waals surface area contributed by atoms with E-state index in [0.29, 0.717) is 0 Å². The lowest BCUT2D eigenvalue weighted by Crippen LogP contribution is -2.37. The fourth-order valence-corrected chi connectivity index (χ4v) is 12.6. The normalized spacial score (nSPS) is 14.2. The average Bonchev–Trinajstić information content (AvgIpc) is 3.99. The van der Waals surface area contributed by atoms with Crippen LogP contribution in [-0.2, 0) is 16.2 Å². The summed E-state index contributed by atoms with van der Waals surface area (Å²) in [6.45, 7) is 21.0. The molecule has 8 aromatic carbocycles. The molecule has 0 fully saturated rings. The van der Waals surface area contributed by atoms with E-state index in [1.807, 2.05) is 11.3 Å². The predicted octanol–water partition coefficient (Wildman–Crippen LogP) is 15.4. The topological polar surface area (TPSA) is 30.1 Å². The van der Waals surface area contributed by atoms with Gasteiger partial charge in [0, 0.05) is 81.3 Å². The Kier molecular flexibility index (Phi) is 7.80. The second-order valence-corrected chi connectivity index (χ2v) is 22.6. The smallest absolute Gasteiger partial charge is 0.198 e. The molecule has 0 amide bonds. The third-order valence-electron chi connectivity index (χ3n) is 15.0. The lowest BCUT2D eigenvalue weighted by Gasteiger charge is -2.27. The number of hydrogen-bond donors (Lipinski definition) is 1. The summed E-state index contributed by atoms with van der Waals surface area (Å²) < 4.78 is 11.9. The van der Waals surface area contributed by atoms with Crippen molar-refractivity contribution in [2.75, 3.05) is 5.32 Å². The first kappa shape index (κ1) is 38.9. The van der Waals surface area contributed by atoms with Crippen molar-refractivity contribution in [3.63, 3.8) is 0 Å². The zero-order chi connectivity index (χ0) is 44.5. The van der Waals surface area contributed by atoms with Crippen LogP contribution in [0.3, 0.4) is 0 Å². The second-order valence-electron chi connectivity index (χ2n) is 21.5. The van der Waals surface area contributed by atoms with E-state index in [-0.39, 0.29) is 16.2 Å². The molecule has 0 saturated carbocycles. The Hall–Kier alpha value is -6.56. The maximum Gasteiger partial charge on any atom is 0.198 e. The van der Waals surface area contributed by atoms with Crippen molar-refractivity contribution in [2.24, 2.45) is 0 Å². The van der Waals surface area contributed by atoms with Gasteiger partial charge in [-0.2, -0.15) is 0 Å². The standard InChI is InChI=1S/C60H51BN2OS/c1-32-24-43(40-27-46-39(28-48(40)62-35-21-18-33(19-22-35)58(2,3)4)36-23-20-34(59(5,6)7)25-45(36)60(46,8)9)56-57-55(32)44-26-41-37-14-10-12-16-51(37)64-52(41)31-49(44)63(57)50-29-42-38-15-11-13-17-53(38)65-54(42)30-47(50)61-56/h10-31,61-62H,1-9H3. The molecular weight excluding hydrogens is 808 g/mol. The van der Waals surface area contributed by atoms with Crippen LogP contribution < -0.4 is 16.2 Å². The number of para-hydroxylation sites is 1. The number of furan rings is 1. The Labute approximate surface area is 385 Å². The summed E-state index contributed by atoms with van der Waals surface area (Å²) in [5, 5.41) is 11.6. The highest BCUT2D eigenvalue weighted by atomic mass is 32.1. The molecular formula is C60H51BN2OS. The Balaban J connectivity index is 1.11. The monoisotopic (exact) mass is 858 g/mol. The molecule has 0 bridgehead atoms. The van der Waals surface area contributed by atoms with Gasteiger partial charge in [0.15, 0.2) is 7.28 Å². The van der Waals surface area contributed by atoms with E-state index in [1.54, 1.807) is 0 Å². The van der Waals surface area contributed by atoms with Gasteiger partial charge in [0.2, 0.25) is 0 Å². The molecule has 3 nitrogen and oxygen atoms in total. The van der Waals surface area contributed by atoms with Gasteiger partial charge in [-0.1, -0.05) is 134 Å². The van der Waals surface area contributed by atoms with Gasteiger partial charge in [-0.3, -0.25) is 0 Å². The Morgan fingerprint density at radius 2 is 1.31 bits per heavy atom. The van der Waals surface area contributed by atoms with Crippen molar-refractivity contribution in [2.45, 2.75) is 78.6 Å². The third kappa shape index (κ3) is 5.55. The quantitative estimate of drug-likeness (QED) is 0.179. The summed E-state index contributed by atoms with van der Waals surface area (Å²) >= 11 is 1.90. The third-order valence-corrected chi connectivity index (χ3v) is 16.2. The number of nitrogens with zero attached hydrogens (tertiary/aromatic N) is 1. The van der Waals surface area contributed by atoms with Crippen LogP contribution in [0.2, 0.25) is 0 Å². The molecule has 0 atom stereocenters. The molecule has 13 rings (SSSR count). The fraction of sp³-hybridized carbons (Fsp3) is 0.200. The van der Waals surface area contributed by atoms with Crippen LogP contribution in [0.4, 0.5) is 11.4 Å². The van der Waals surface area contributed by atoms with E-state index in [9.17, 15) is 0 Å². The minimum absolute atomic E-state index is 0.0540. The van der Waals surface area contributed by atoms with Crippen molar-refractivity contribution < 1.29 is 4.42 Å². The zero-order valence-electron chi connectivity index (χ0n) is 38.7. The van der Waals surface area contributed by atoms with E-state index in [4.69, 9.17) is 4.42 Å². The zero-order valence-corrected chi connectivity index (χ0v) is 39.5. The highest BCUT2D eigenvalue weighted by Gasteiger charge is 2.38. The van der Waals surface area contributed by atoms with Gasteiger partial charge >= 0.3 is 0 Å². The van der Waals surface area contributed by atoms with Gasteiger partial charge in [-0.15, -0.1) is 11.3 Å². The number of thiophene rings is 1. The summed E-state index contributed by atoms with van der Waals surface area (Å²) in [7, 11) is 0.830. The van der Waals surface area contributed by atoms with Gasteiger partial charge in [0.25, 0.3) is 0 Å². The number of hydrogen-bond acceptors (Lipinski definition) is 3. The highest BCUT2D eigenvalue weighted by Crippen LogP contribution is 2.53. The minimum Gasteiger partial charge on any atom is -0.456 e. The van der Waals surface area contributed by atoms with Gasteiger partial charge in [0.05, 0.1) is 5.52 Å². The molecule has 0 unspecified atom stereocenters. The van der Waals surface area contributed by atoms with E-state index in [1.165, 1.54) is 109 Å². The fourth-order valence-electron chi connectivity index (χ4n) is 11.5. The molecule has 65 heavy (non-hydrogen) atoms. The molecule has 5 heteroatoms. The molecule has 2 aliphatic rings. The first-order valence-electron chi connectivity index (χ1n) is 23.2. The number of fused-ring (bicyclic) bond motifs is 14. The molecule has 0 radical (unpaired) electrons. The maximum atomic E-state index is 6.62. The van der Waals surface area contributed by atoms with Crippen LogP contribution in [0.25, 0.3) is 91.9 Å². The molecule has 1 N–H and O–H groups in total. The van der Waals surface area contributed by atoms with E-state index >= 15 is 0 Å². The van der Waals surface area contributed by atoms with Crippen LogP contribution in [-0.4, -0.2) is 11.8 Å². The lowest BCUT2D eigenvalue weighted by molar-refractivity contribution is 0.584. The number of rotatable bonds is 3. The summed E-state index contributed by atoms with van der Waals surface area (Å²) in [5.41, 5.74) is 22.4. The summed E-state index contributed by atoms with van der Waals surface area (Å²) in [6.07, 6.45) is 0. The lowest BCUT2D eigenvalue weighted by atomic mass is 9.58. The molecule has 1 aliphatic heterocycles. The number of aryl methyl sites for hydroxylation is 1. The van der Waals surface area contributed by atoms with Crippen LogP contribution in [0.15, 0.2) is 138 Å².